The summed E-state index contributed by atoms with van der Waals surface area (Å²) in [5.74, 6) is -1.02. The van der Waals surface area contributed by atoms with Gasteiger partial charge in [0.2, 0.25) is 0 Å². The molecule has 0 aromatic heterocycles. The van der Waals surface area contributed by atoms with Crippen molar-refractivity contribution < 1.29 is 52.3 Å². The van der Waals surface area contributed by atoms with Crippen LogP contribution in [0, 0.1) is 0 Å². The van der Waals surface area contributed by atoms with Crippen LogP contribution in [-0.2, 0) is 32.7 Å². The summed E-state index contributed by atoms with van der Waals surface area (Å²) in [5, 5.41) is 20.2. The first-order valence-electron chi connectivity index (χ1n) is 25.6. The second-order valence-corrected chi connectivity index (χ2v) is 20.1. The SMILES string of the molecule is CCCCCCCCCCCCCCCCCCCCCCCC(=O)O[C@H](COC(=O)CCC[C@@H](O)/C=C/C=C\C/C=C\C=C\[C@@H](O)CCCCC)COP(=O)(O)OCC[N+](C)(C)C. The molecule has 11 nitrogen and oxygen atoms in total. The number of carbonyl (C=O) groups excluding carboxylic acids is 2. The highest BCUT2D eigenvalue weighted by atomic mass is 31.2. The number of carbonyl (C=O) groups is 2. The van der Waals surface area contributed by atoms with Gasteiger partial charge in [0.25, 0.3) is 0 Å². The Morgan fingerprint density at radius 2 is 0.969 bits per heavy atom. The lowest BCUT2D eigenvalue weighted by atomic mass is 10.0. The number of esters is 2. The van der Waals surface area contributed by atoms with Crippen LogP contribution in [0.5, 0.6) is 0 Å². The molecule has 0 radical (unpaired) electrons. The number of allylic oxidation sites excluding steroid dienone is 6. The molecule has 0 aliphatic carbocycles. The summed E-state index contributed by atoms with van der Waals surface area (Å²) in [5.41, 5.74) is 0. The van der Waals surface area contributed by atoms with Crippen molar-refractivity contribution in [2.75, 3.05) is 47.5 Å². The van der Waals surface area contributed by atoms with E-state index in [0.717, 1.165) is 44.9 Å². The molecule has 0 fully saturated rings. The highest BCUT2D eigenvalue weighted by Crippen LogP contribution is 2.43. The molecule has 0 aliphatic heterocycles. The fraction of sp³-hybridized carbons (Fsp3) is 0.808. The molecular formula is C52H97NO10P+. The number of hydrogen-bond acceptors (Lipinski definition) is 9. The van der Waals surface area contributed by atoms with Crippen molar-refractivity contribution in [2.45, 2.75) is 225 Å². The van der Waals surface area contributed by atoms with Gasteiger partial charge in [0, 0.05) is 12.8 Å². The van der Waals surface area contributed by atoms with E-state index in [1.54, 1.807) is 18.2 Å². The largest absolute Gasteiger partial charge is 0.472 e. The first kappa shape index (κ1) is 61.9. The lowest BCUT2D eigenvalue weighted by molar-refractivity contribution is -0.870. The number of ether oxygens (including phenoxy) is 2. The molecule has 0 aromatic carbocycles. The fourth-order valence-electron chi connectivity index (χ4n) is 6.99. The molecule has 374 valence electrons. The molecule has 0 rings (SSSR count). The molecule has 3 N–H and O–H groups in total. The average molecular weight is 927 g/mol. The number of quaternary nitrogens is 1. The van der Waals surface area contributed by atoms with E-state index in [2.05, 4.69) is 13.8 Å². The van der Waals surface area contributed by atoms with Gasteiger partial charge in [-0.2, -0.15) is 0 Å². The van der Waals surface area contributed by atoms with Crippen LogP contribution in [0.3, 0.4) is 0 Å². The zero-order valence-electron chi connectivity index (χ0n) is 41.5. The molecule has 0 amide bonds. The van der Waals surface area contributed by atoms with E-state index in [4.69, 9.17) is 18.5 Å². The molecule has 0 saturated heterocycles. The molecule has 12 heteroatoms. The van der Waals surface area contributed by atoms with Gasteiger partial charge in [-0.05, 0) is 32.1 Å². The van der Waals surface area contributed by atoms with Crippen LogP contribution < -0.4 is 0 Å². The van der Waals surface area contributed by atoms with Crippen LogP contribution in [0.15, 0.2) is 48.6 Å². The average Bonchev–Trinajstić information content (AvgIpc) is 3.24. The molecule has 0 spiro atoms. The van der Waals surface area contributed by atoms with Gasteiger partial charge in [-0.25, -0.2) is 4.57 Å². The Kier molecular flexibility index (Phi) is 42.0. The van der Waals surface area contributed by atoms with E-state index in [-0.39, 0.29) is 26.1 Å². The van der Waals surface area contributed by atoms with E-state index >= 15 is 0 Å². The van der Waals surface area contributed by atoms with E-state index in [1.807, 2.05) is 51.5 Å². The Labute approximate surface area is 391 Å². The number of rotatable bonds is 46. The van der Waals surface area contributed by atoms with Crippen molar-refractivity contribution in [1.29, 1.82) is 0 Å². The van der Waals surface area contributed by atoms with Gasteiger partial charge < -0.3 is 29.1 Å². The smallest absolute Gasteiger partial charge is 0.462 e. The normalized spacial score (nSPS) is 14.8. The van der Waals surface area contributed by atoms with Crippen LogP contribution in [0.1, 0.15) is 206 Å². The molecule has 0 aliphatic rings. The van der Waals surface area contributed by atoms with Gasteiger partial charge in [0.05, 0.1) is 40.0 Å². The summed E-state index contributed by atoms with van der Waals surface area (Å²) in [6, 6.07) is 0. The summed E-state index contributed by atoms with van der Waals surface area (Å²) in [7, 11) is 1.35. The molecule has 0 heterocycles. The number of nitrogens with zero attached hydrogens (tertiary/aromatic N) is 1. The maximum Gasteiger partial charge on any atom is 0.472 e. The standard InChI is InChI=1S/C52H96NO10P/c1-6-8-10-11-12-13-14-15-16-17-18-19-20-21-22-23-24-25-29-32-36-42-52(57)63-50(47-62-64(58,59)61-45-44-53(3,4)5)46-60-51(56)43-37-41-49(55)40-35-31-28-26-27-30-34-39-48(54)38-33-9-7-2/h27-28,30-31,34-35,39-40,48-50,54-55H,6-26,29,32-33,36-38,41-47H2,1-5H3/p+1/b30-27-,31-28-,39-34+,40-35+/t48-,49-,50+/m0/s1. The molecule has 0 bridgehead atoms. The predicted octanol–water partition coefficient (Wildman–Crippen LogP) is 13.0. The summed E-state index contributed by atoms with van der Waals surface area (Å²) >= 11 is 0. The van der Waals surface area contributed by atoms with Crippen molar-refractivity contribution >= 4 is 19.8 Å². The minimum absolute atomic E-state index is 0.00548. The third-order valence-corrected chi connectivity index (χ3v) is 12.1. The lowest BCUT2D eigenvalue weighted by Gasteiger charge is -2.24. The minimum Gasteiger partial charge on any atom is -0.462 e. The van der Waals surface area contributed by atoms with Crippen LogP contribution in [-0.4, -0.2) is 97.3 Å². The van der Waals surface area contributed by atoms with Crippen molar-refractivity contribution in [3.63, 3.8) is 0 Å². The van der Waals surface area contributed by atoms with Crippen molar-refractivity contribution in [3.8, 4) is 0 Å². The quantitative estimate of drug-likeness (QED) is 0.0177. The van der Waals surface area contributed by atoms with Gasteiger partial charge >= 0.3 is 19.8 Å². The summed E-state index contributed by atoms with van der Waals surface area (Å²) in [4.78, 5) is 35.5. The van der Waals surface area contributed by atoms with Crippen molar-refractivity contribution in [1.82, 2.24) is 0 Å². The highest BCUT2D eigenvalue weighted by Gasteiger charge is 2.27. The number of phosphoric ester groups is 1. The van der Waals surface area contributed by atoms with Crippen molar-refractivity contribution in [3.05, 3.63) is 48.6 Å². The minimum atomic E-state index is -4.43. The fourth-order valence-corrected chi connectivity index (χ4v) is 7.74. The predicted molar refractivity (Wildman–Crippen MR) is 264 cm³/mol. The van der Waals surface area contributed by atoms with Gasteiger partial charge in [-0.1, -0.05) is 210 Å². The Hall–Kier alpha value is -2.11. The maximum absolute atomic E-state index is 12.8. The second-order valence-electron chi connectivity index (χ2n) is 18.6. The van der Waals surface area contributed by atoms with Crippen LogP contribution in [0.25, 0.3) is 0 Å². The Balaban J connectivity index is 4.43. The third-order valence-electron chi connectivity index (χ3n) is 11.1. The Morgan fingerprint density at radius 1 is 0.547 bits per heavy atom. The van der Waals surface area contributed by atoms with E-state index < -0.39 is 44.7 Å². The second kappa shape index (κ2) is 43.5. The van der Waals surface area contributed by atoms with Crippen LogP contribution in [0.2, 0.25) is 0 Å². The summed E-state index contributed by atoms with van der Waals surface area (Å²) in [6.45, 7) is 4.09. The molecular weight excluding hydrogens is 830 g/mol. The molecule has 64 heavy (non-hydrogen) atoms. The zero-order chi connectivity index (χ0) is 47.4. The van der Waals surface area contributed by atoms with Gasteiger partial charge in [-0.3, -0.25) is 18.6 Å². The topological polar surface area (TPSA) is 149 Å². The highest BCUT2D eigenvalue weighted by molar-refractivity contribution is 7.47. The molecule has 4 atom stereocenters. The number of hydrogen-bond donors (Lipinski definition) is 3. The summed E-state index contributed by atoms with van der Waals surface area (Å²) in [6.07, 6.45) is 45.2. The lowest BCUT2D eigenvalue weighted by Crippen LogP contribution is -2.37. The van der Waals surface area contributed by atoms with Crippen molar-refractivity contribution in [2.24, 2.45) is 0 Å². The van der Waals surface area contributed by atoms with Crippen LogP contribution >= 0.6 is 7.82 Å². The van der Waals surface area contributed by atoms with Gasteiger partial charge in [0.1, 0.15) is 19.8 Å². The maximum atomic E-state index is 12.8. The van der Waals surface area contributed by atoms with Crippen LogP contribution in [0.4, 0.5) is 0 Å². The number of aliphatic hydroxyl groups is 2. The molecule has 0 aromatic rings. The van der Waals surface area contributed by atoms with E-state index in [9.17, 15) is 29.3 Å². The van der Waals surface area contributed by atoms with Gasteiger partial charge in [-0.15, -0.1) is 0 Å². The zero-order valence-corrected chi connectivity index (χ0v) is 42.4. The first-order chi connectivity index (χ1) is 30.8. The molecule has 1 unspecified atom stereocenters. The monoisotopic (exact) mass is 927 g/mol. The third kappa shape index (κ3) is 46.4. The van der Waals surface area contributed by atoms with E-state index in [1.165, 1.54) is 109 Å². The number of aliphatic hydroxyl groups excluding tert-OH is 2. The first-order valence-corrected chi connectivity index (χ1v) is 27.1. The Bertz CT molecular complexity index is 1260. The summed E-state index contributed by atoms with van der Waals surface area (Å²) < 4.78 is 34.2. The number of unbranched alkanes of at least 4 members (excludes halogenated alkanes) is 22. The Morgan fingerprint density at radius 3 is 1.44 bits per heavy atom. The molecule has 0 saturated carbocycles. The number of phosphoric acid groups is 1. The van der Waals surface area contributed by atoms with E-state index in [0.29, 0.717) is 36.7 Å². The van der Waals surface area contributed by atoms with Gasteiger partial charge in [0.15, 0.2) is 6.10 Å². The number of likely N-dealkylation sites (N-methyl/N-ethyl adjacent to an activating group) is 1.